The van der Waals surface area contributed by atoms with Gasteiger partial charge >= 0.3 is 0 Å². The van der Waals surface area contributed by atoms with E-state index in [4.69, 9.17) is 0 Å². The SMILES string of the molecule is CCC(=O)C1=C(O)C(=O)N(c2ccc(F)c(F)c2)C1c1ccncc1. The van der Waals surface area contributed by atoms with E-state index in [2.05, 4.69) is 4.98 Å². The lowest BCUT2D eigenvalue weighted by atomic mass is 9.95. The first kappa shape index (κ1) is 16.8. The fraction of sp³-hybridized carbons (Fsp3) is 0.167. The Balaban J connectivity index is 2.18. The third-order valence-corrected chi connectivity index (χ3v) is 4.03. The molecule has 25 heavy (non-hydrogen) atoms. The molecule has 2 heterocycles. The number of nitrogens with zero attached hydrogens (tertiary/aromatic N) is 2. The maximum Gasteiger partial charge on any atom is 0.294 e. The topological polar surface area (TPSA) is 70.5 Å². The second kappa shape index (κ2) is 6.43. The number of hydrogen-bond acceptors (Lipinski definition) is 4. The Kier molecular flexibility index (Phi) is 4.31. The minimum atomic E-state index is -1.13. The number of aliphatic hydroxyl groups is 1. The Hall–Kier alpha value is -3.09. The fourth-order valence-corrected chi connectivity index (χ4v) is 2.84. The average molecular weight is 344 g/mol. The van der Waals surface area contributed by atoms with Crippen LogP contribution < -0.4 is 4.90 Å². The van der Waals surface area contributed by atoms with E-state index in [1.54, 1.807) is 19.1 Å². The van der Waals surface area contributed by atoms with Gasteiger partial charge in [0.1, 0.15) is 0 Å². The summed E-state index contributed by atoms with van der Waals surface area (Å²) in [7, 11) is 0. The molecule has 3 rings (SSSR count). The molecule has 1 atom stereocenters. The van der Waals surface area contributed by atoms with Gasteiger partial charge in [-0.15, -0.1) is 0 Å². The Bertz CT molecular complexity index is 881. The molecular formula is C18H14F2N2O3. The van der Waals surface area contributed by atoms with E-state index in [9.17, 15) is 23.5 Å². The van der Waals surface area contributed by atoms with Crippen LogP contribution in [0.15, 0.2) is 54.1 Å². The Labute approximate surface area is 142 Å². The second-order valence-corrected chi connectivity index (χ2v) is 5.50. The molecular weight excluding hydrogens is 330 g/mol. The summed E-state index contributed by atoms with van der Waals surface area (Å²) in [4.78, 5) is 29.8. The number of pyridine rings is 1. The lowest BCUT2D eigenvalue weighted by molar-refractivity contribution is -0.118. The number of aromatic nitrogens is 1. The molecule has 1 aromatic carbocycles. The molecule has 5 nitrogen and oxygen atoms in total. The predicted molar refractivity (Wildman–Crippen MR) is 85.8 cm³/mol. The minimum absolute atomic E-state index is 0.0381. The van der Waals surface area contributed by atoms with E-state index in [0.717, 1.165) is 17.0 Å². The van der Waals surface area contributed by atoms with Crippen LogP contribution in [-0.4, -0.2) is 21.8 Å². The lowest BCUT2D eigenvalue weighted by Gasteiger charge is -2.26. The van der Waals surface area contributed by atoms with Crippen molar-refractivity contribution in [2.24, 2.45) is 0 Å². The molecule has 1 unspecified atom stereocenters. The number of halogens is 2. The second-order valence-electron chi connectivity index (χ2n) is 5.50. The van der Waals surface area contributed by atoms with Crippen LogP contribution in [0.5, 0.6) is 0 Å². The van der Waals surface area contributed by atoms with E-state index in [-0.39, 0.29) is 17.7 Å². The largest absolute Gasteiger partial charge is 0.503 e. The number of anilines is 1. The number of rotatable bonds is 4. The van der Waals surface area contributed by atoms with E-state index < -0.39 is 35.1 Å². The summed E-state index contributed by atoms with van der Waals surface area (Å²) >= 11 is 0. The monoisotopic (exact) mass is 344 g/mol. The molecule has 0 radical (unpaired) electrons. The summed E-state index contributed by atoms with van der Waals surface area (Å²) < 4.78 is 26.9. The van der Waals surface area contributed by atoms with Crippen molar-refractivity contribution in [3.05, 3.63) is 71.3 Å². The number of Topliss-reactive ketones (excluding diaryl/α,β-unsaturated/α-hetero) is 1. The van der Waals surface area contributed by atoms with Gasteiger partial charge in [-0.2, -0.15) is 0 Å². The number of ketones is 1. The van der Waals surface area contributed by atoms with Crippen LogP contribution in [-0.2, 0) is 9.59 Å². The van der Waals surface area contributed by atoms with Crippen LogP contribution in [0.4, 0.5) is 14.5 Å². The molecule has 1 aromatic heterocycles. The Morgan fingerprint density at radius 2 is 1.88 bits per heavy atom. The number of aliphatic hydroxyl groups excluding tert-OH is 1. The molecule has 7 heteroatoms. The van der Waals surface area contributed by atoms with E-state index in [0.29, 0.717) is 5.56 Å². The van der Waals surface area contributed by atoms with Crippen molar-refractivity contribution >= 4 is 17.4 Å². The average Bonchev–Trinajstić information content (AvgIpc) is 2.89. The Morgan fingerprint density at radius 1 is 1.20 bits per heavy atom. The highest BCUT2D eigenvalue weighted by atomic mass is 19.2. The van der Waals surface area contributed by atoms with Crippen molar-refractivity contribution in [2.75, 3.05) is 4.90 Å². The Morgan fingerprint density at radius 3 is 2.48 bits per heavy atom. The highest BCUT2D eigenvalue weighted by Gasteiger charge is 2.43. The van der Waals surface area contributed by atoms with Crippen LogP contribution >= 0.6 is 0 Å². The number of benzene rings is 1. The molecule has 0 saturated carbocycles. The predicted octanol–water partition coefficient (Wildman–Crippen LogP) is 3.24. The molecule has 1 aliphatic rings. The minimum Gasteiger partial charge on any atom is -0.503 e. The van der Waals surface area contributed by atoms with Gasteiger partial charge in [0.15, 0.2) is 23.2 Å². The normalized spacial score (nSPS) is 17.3. The van der Waals surface area contributed by atoms with Gasteiger partial charge in [-0.25, -0.2) is 8.78 Å². The summed E-state index contributed by atoms with van der Waals surface area (Å²) in [5.74, 6) is -4.12. The third kappa shape index (κ3) is 2.77. The summed E-state index contributed by atoms with van der Waals surface area (Å²) in [5, 5.41) is 10.2. The van der Waals surface area contributed by atoms with Crippen LogP contribution in [0.2, 0.25) is 0 Å². The van der Waals surface area contributed by atoms with Crippen LogP contribution in [0.3, 0.4) is 0 Å². The van der Waals surface area contributed by atoms with Gasteiger partial charge in [0.25, 0.3) is 5.91 Å². The van der Waals surface area contributed by atoms with Crippen molar-refractivity contribution < 1.29 is 23.5 Å². The number of amides is 1. The van der Waals surface area contributed by atoms with Gasteiger partial charge in [-0.1, -0.05) is 6.92 Å². The van der Waals surface area contributed by atoms with E-state index >= 15 is 0 Å². The van der Waals surface area contributed by atoms with Crippen LogP contribution in [0.25, 0.3) is 0 Å². The molecule has 1 amide bonds. The van der Waals surface area contributed by atoms with Gasteiger partial charge in [0.2, 0.25) is 0 Å². The highest BCUT2D eigenvalue weighted by Crippen LogP contribution is 2.41. The van der Waals surface area contributed by atoms with Crippen LogP contribution in [0.1, 0.15) is 24.9 Å². The third-order valence-electron chi connectivity index (χ3n) is 4.03. The summed E-state index contributed by atoms with van der Waals surface area (Å²) in [6.45, 7) is 1.61. The summed E-state index contributed by atoms with van der Waals surface area (Å²) in [6, 6.07) is 5.20. The quantitative estimate of drug-likeness (QED) is 0.924. The molecule has 0 fully saturated rings. The number of carbonyl (C=O) groups is 2. The van der Waals surface area contributed by atoms with Gasteiger partial charge < -0.3 is 5.11 Å². The van der Waals surface area contributed by atoms with Gasteiger partial charge in [-0.05, 0) is 29.8 Å². The van der Waals surface area contributed by atoms with Crippen LogP contribution in [0, 0.1) is 11.6 Å². The van der Waals surface area contributed by atoms with Gasteiger partial charge in [-0.3, -0.25) is 19.5 Å². The molecule has 1 aliphatic heterocycles. The fourth-order valence-electron chi connectivity index (χ4n) is 2.84. The van der Waals surface area contributed by atoms with Crippen molar-refractivity contribution in [1.29, 1.82) is 0 Å². The molecule has 0 aliphatic carbocycles. The van der Waals surface area contributed by atoms with Gasteiger partial charge in [0.05, 0.1) is 11.6 Å². The van der Waals surface area contributed by atoms with Crippen molar-refractivity contribution in [3.63, 3.8) is 0 Å². The highest BCUT2D eigenvalue weighted by molar-refractivity contribution is 6.16. The summed E-state index contributed by atoms with van der Waals surface area (Å²) in [5.41, 5.74) is 0.494. The maximum atomic E-state index is 13.6. The van der Waals surface area contributed by atoms with Gasteiger partial charge in [0, 0.05) is 30.6 Å². The number of hydrogen-bond donors (Lipinski definition) is 1. The smallest absolute Gasteiger partial charge is 0.294 e. The van der Waals surface area contributed by atoms with E-state index in [1.807, 2.05) is 0 Å². The molecule has 0 bridgehead atoms. The lowest BCUT2D eigenvalue weighted by Crippen LogP contribution is -2.31. The maximum absolute atomic E-state index is 13.6. The van der Waals surface area contributed by atoms with E-state index in [1.165, 1.54) is 18.5 Å². The van der Waals surface area contributed by atoms with Crippen molar-refractivity contribution in [1.82, 2.24) is 4.98 Å². The molecule has 2 aromatic rings. The summed E-state index contributed by atoms with van der Waals surface area (Å²) in [6.07, 6.45) is 3.04. The molecule has 1 N–H and O–H groups in total. The first-order chi connectivity index (χ1) is 12.0. The first-order valence-corrected chi connectivity index (χ1v) is 7.60. The molecule has 128 valence electrons. The van der Waals surface area contributed by atoms with Crippen molar-refractivity contribution in [2.45, 2.75) is 19.4 Å². The van der Waals surface area contributed by atoms with Crippen molar-refractivity contribution in [3.8, 4) is 0 Å². The first-order valence-electron chi connectivity index (χ1n) is 7.60. The molecule has 0 spiro atoms. The zero-order valence-corrected chi connectivity index (χ0v) is 13.2. The zero-order valence-electron chi connectivity index (χ0n) is 13.2. The standard InChI is InChI=1S/C18H14F2N2O3/c1-2-14(23)15-16(10-5-7-21-8-6-10)22(18(25)17(15)24)11-3-4-12(19)13(20)9-11/h3-9,16,24H,2H2,1H3. The molecule has 0 saturated heterocycles. The zero-order chi connectivity index (χ0) is 18.1. The number of carbonyl (C=O) groups excluding carboxylic acids is 2.